The second kappa shape index (κ2) is 10.4. The number of aromatic nitrogens is 3. The molecule has 0 spiro atoms. The van der Waals surface area contributed by atoms with E-state index in [4.69, 9.17) is 10.2 Å². The number of carbonyl (C=O) groups is 1. The van der Waals surface area contributed by atoms with Crippen LogP contribution in [0.2, 0.25) is 0 Å². The second-order valence-corrected chi connectivity index (χ2v) is 11.3. The summed E-state index contributed by atoms with van der Waals surface area (Å²) >= 11 is 0. The third-order valence-corrected chi connectivity index (χ3v) is 7.84. The number of carbonyl (C=O) groups excluding carboxylic acids is 1. The molecule has 1 aromatic carbocycles. The van der Waals surface area contributed by atoms with Gasteiger partial charge in [-0.2, -0.15) is 0 Å². The first kappa shape index (κ1) is 25.2. The lowest BCUT2D eigenvalue weighted by atomic mass is 9.71. The summed E-state index contributed by atoms with van der Waals surface area (Å²) in [6.07, 6.45) is 6.69. The molecule has 0 radical (unpaired) electrons. The average molecular weight is 486 g/mol. The van der Waals surface area contributed by atoms with Gasteiger partial charge in [0.15, 0.2) is 0 Å². The molecule has 0 bridgehead atoms. The van der Waals surface area contributed by atoms with Crippen LogP contribution in [-0.2, 0) is 4.79 Å². The number of hydrogen-bond acceptors (Lipinski definition) is 4. The normalized spacial score (nSPS) is 23.1. The van der Waals surface area contributed by atoms with Crippen molar-refractivity contribution in [3.05, 3.63) is 41.0 Å². The monoisotopic (exact) mass is 485 g/mol. The maximum atomic E-state index is 13.1. The van der Waals surface area contributed by atoms with Crippen LogP contribution in [0, 0.1) is 31.6 Å². The summed E-state index contributed by atoms with van der Waals surface area (Å²) in [5.41, 5.74) is 3.22. The van der Waals surface area contributed by atoms with Gasteiger partial charge < -0.3 is 15.2 Å². The van der Waals surface area contributed by atoms with E-state index in [-0.39, 0.29) is 24.2 Å². The lowest BCUT2D eigenvalue weighted by Crippen LogP contribution is -2.46. The minimum atomic E-state index is 0. The fraction of sp³-hybridized carbons (Fsp3) is 0.667. The topological polar surface area (TPSA) is 71.8 Å². The third kappa shape index (κ3) is 5.33. The number of halogens is 1. The number of benzene rings is 1. The molecule has 3 fully saturated rings. The van der Waals surface area contributed by atoms with E-state index < -0.39 is 0 Å². The number of aryl methyl sites for hydroxylation is 2. The molecule has 1 saturated heterocycles. The molecule has 7 heteroatoms. The minimum absolute atomic E-state index is 0. The van der Waals surface area contributed by atoms with E-state index in [2.05, 4.69) is 55.0 Å². The second-order valence-electron chi connectivity index (χ2n) is 11.3. The van der Waals surface area contributed by atoms with Gasteiger partial charge in [-0.05, 0) is 88.4 Å². The van der Waals surface area contributed by atoms with Gasteiger partial charge in [0.05, 0.1) is 0 Å². The quantitative estimate of drug-likeness (QED) is 0.490. The molecule has 34 heavy (non-hydrogen) atoms. The highest BCUT2D eigenvalue weighted by molar-refractivity contribution is 5.92. The lowest BCUT2D eigenvalue weighted by Gasteiger charge is -2.37. The number of anilines is 1. The molecule has 2 heterocycles. The Labute approximate surface area is 210 Å². The van der Waals surface area contributed by atoms with Crippen LogP contribution in [0.15, 0.2) is 18.2 Å². The van der Waals surface area contributed by atoms with Crippen molar-refractivity contribution in [3.63, 3.8) is 0 Å². The Morgan fingerprint density at radius 3 is 2.50 bits per heavy atom. The summed E-state index contributed by atoms with van der Waals surface area (Å²) < 4.78 is 2.46. The van der Waals surface area contributed by atoms with E-state index in [0.29, 0.717) is 24.3 Å². The van der Waals surface area contributed by atoms with Gasteiger partial charge in [0, 0.05) is 30.0 Å². The summed E-state index contributed by atoms with van der Waals surface area (Å²) in [4.78, 5) is 13.1. The summed E-state index contributed by atoms with van der Waals surface area (Å²) in [6, 6.07) is 6.71. The number of nitrogens with one attached hydrogen (secondary N) is 2. The molecular weight excluding hydrogens is 446 g/mol. The Balaban J connectivity index is 0.00000274. The highest BCUT2D eigenvalue weighted by Crippen LogP contribution is 2.48. The van der Waals surface area contributed by atoms with Crippen LogP contribution in [0.3, 0.4) is 0 Å². The Hall–Kier alpha value is -1.92. The smallest absolute Gasteiger partial charge is 0.225 e. The molecule has 5 rings (SSSR count). The predicted molar refractivity (Wildman–Crippen MR) is 139 cm³/mol. The molecule has 1 amide bonds. The first-order chi connectivity index (χ1) is 15.9. The molecule has 3 aliphatic rings. The van der Waals surface area contributed by atoms with Gasteiger partial charge in [-0.3, -0.25) is 4.79 Å². The summed E-state index contributed by atoms with van der Waals surface area (Å²) in [5.74, 6) is 5.02. The standard InChI is InChI=1S/C27H39N5O.ClH/c1-16(2)9-19-11-20(12-19)26-30-31-27(32(26)22-6-7-22)23(21-14-28-15-21)13-25(33)29-24-8-5-17(3)10-18(24)4;/h5,8,10,16,19-23,28H,6-7,9,11-15H2,1-4H3,(H,29,33);1H. The van der Waals surface area contributed by atoms with E-state index in [9.17, 15) is 4.79 Å². The molecule has 1 aromatic heterocycles. The maximum Gasteiger partial charge on any atom is 0.225 e. The van der Waals surface area contributed by atoms with Crippen LogP contribution in [0.1, 0.15) is 93.0 Å². The van der Waals surface area contributed by atoms with Crippen LogP contribution in [-0.4, -0.2) is 33.8 Å². The van der Waals surface area contributed by atoms with Gasteiger partial charge in [0.1, 0.15) is 11.6 Å². The van der Waals surface area contributed by atoms with E-state index in [1.807, 2.05) is 6.07 Å². The zero-order valence-electron chi connectivity index (χ0n) is 21.0. The Morgan fingerprint density at radius 1 is 1.18 bits per heavy atom. The van der Waals surface area contributed by atoms with Crippen molar-refractivity contribution in [2.45, 2.75) is 84.1 Å². The van der Waals surface area contributed by atoms with Crippen molar-refractivity contribution in [1.29, 1.82) is 0 Å². The molecule has 186 valence electrons. The lowest BCUT2D eigenvalue weighted by molar-refractivity contribution is -0.117. The minimum Gasteiger partial charge on any atom is -0.326 e. The van der Waals surface area contributed by atoms with Gasteiger partial charge in [0.2, 0.25) is 5.91 Å². The van der Waals surface area contributed by atoms with Gasteiger partial charge in [0.25, 0.3) is 0 Å². The van der Waals surface area contributed by atoms with Crippen LogP contribution in [0.4, 0.5) is 5.69 Å². The van der Waals surface area contributed by atoms with E-state index in [1.165, 1.54) is 43.5 Å². The Morgan fingerprint density at radius 2 is 1.91 bits per heavy atom. The predicted octanol–water partition coefficient (Wildman–Crippen LogP) is 5.52. The van der Waals surface area contributed by atoms with Crippen LogP contribution in [0.5, 0.6) is 0 Å². The number of amides is 1. The Kier molecular flexibility index (Phi) is 7.68. The number of nitrogens with zero attached hydrogens (tertiary/aromatic N) is 3. The Bertz CT molecular complexity index is 1000. The van der Waals surface area contributed by atoms with Gasteiger partial charge >= 0.3 is 0 Å². The summed E-state index contributed by atoms with van der Waals surface area (Å²) in [5, 5.41) is 16.1. The zero-order chi connectivity index (χ0) is 23.1. The highest BCUT2D eigenvalue weighted by Gasteiger charge is 2.41. The number of rotatable bonds is 9. The molecule has 2 N–H and O–H groups in total. The molecule has 1 aliphatic heterocycles. The van der Waals surface area contributed by atoms with Crippen molar-refractivity contribution in [2.75, 3.05) is 18.4 Å². The largest absolute Gasteiger partial charge is 0.326 e. The van der Waals surface area contributed by atoms with Gasteiger partial charge in [-0.15, -0.1) is 22.6 Å². The van der Waals surface area contributed by atoms with Gasteiger partial charge in [-0.25, -0.2) is 0 Å². The molecule has 1 atom stereocenters. The maximum absolute atomic E-state index is 13.1. The summed E-state index contributed by atoms with van der Waals surface area (Å²) in [6.45, 7) is 10.7. The average Bonchev–Trinajstić information content (AvgIpc) is 3.43. The highest BCUT2D eigenvalue weighted by atomic mass is 35.5. The molecule has 1 unspecified atom stereocenters. The SMILES string of the molecule is Cc1ccc(NC(=O)CC(c2nnc(C3CC(CC(C)C)C3)n2C2CC2)C2CNC2)c(C)c1.Cl. The number of hydrogen-bond donors (Lipinski definition) is 2. The van der Waals surface area contributed by atoms with Crippen LogP contribution >= 0.6 is 12.4 Å². The van der Waals surface area contributed by atoms with Crippen molar-refractivity contribution < 1.29 is 4.79 Å². The van der Waals surface area contributed by atoms with Crippen molar-refractivity contribution in [2.24, 2.45) is 17.8 Å². The van der Waals surface area contributed by atoms with Crippen molar-refractivity contribution in [3.8, 4) is 0 Å². The van der Waals surface area contributed by atoms with Crippen LogP contribution in [0.25, 0.3) is 0 Å². The molecular formula is C27H40ClN5O. The molecule has 2 saturated carbocycles. The van der Waals surface area contributed by atoms with Gasteiger partial charge in [-0.1, -0.05) is 31.5 Å². The molecule has 6 nitrogen and oxygen atoms in total. The third-order valence-electron chi connectivity index (χ3n) is 7.84. The van der Waals surface area contributed by atoms with E-state index >= 15 is 0 Å². The van der Waals surface area contributed by atoms with Crippen molar-refractivity contribution in [1.82, 2.24) is 20.1 Å². The van der Waals surface area contributed by atoms with Crippen molar-refractivity contribution >= 4 is 24.0 Å². The first-order valence-corrected chi connectivity index (χ1v) is 12.9. The first-order valence-electron chi connectivity index (χ1n) is 12.9. The van der Waals surface area contributed by atoms with E-state index in [1.54, 1.807) is 0 Å². The fourth-order valence-electron chi connectivity index (χ4n) is 5.78. The van der Waals surface area contributed by atoms with E-state index in [0.717, 1.165) is 42.0 Å². The van der Waals surface area contributed by atoms with Crippen LogP contribution < -0.4 is 10.6 Å². The molecule has 2 aliphatic carbocycles. The molecule has 2 aromatic rings. The summed E-state index contributed by atoms with van der Waals surface area (Å²) in [7, 11) is 0. The zero-order valence-corrected chi connectivity index (χ0v) is 21.8. The fourth-order valence-corrected chi connectivity index (χ4v) is 5.78.